The molecule has 110 valence electrons. The smallest absolute Gasteiger partial charge is 0.241 e. The summed E-state index contributed by atoms with van der Waals surface area (Å²) in [5.41, 5.74) is 0. The number of hydrogen-bond acceptors (Lipinski definition) is 4. The third-order valence-corrected chi connectivity index (χ3v) is 4.14. The molecule has 1 N–H and O–H groups in total. The van der Waals surface area contributed by atoms with Crippen LogP contribution in [0.3, 0.4) is 0 Å². The predicted molar refractivity (Wildman–Crippen MR) is 74.9 cm³/mol. The number of carbonyl (C=O) groups excluding carboxylic acids is 1. The van der Waals surface area contributed by atoms with Gasteiger partial charge in [0.1, 0.15) is 0 Å². The lowest BCUT2D eigenvalue weighted by Crippen LogP contribution is -2.49. The Morgan fingerprint density at radius 2 is 2.21 bits per heavy atom. The van der Waals surface area contributed by atoms with Crippen molar-refractivity contribution in [2.24, 2.45) is 0 Å². The number of nitrogens with one attached hydrogen (secondary N) is 1. The highest BCUT2D eigenvalue weighted by atomic mass is 16.5. The summed E-state index contributed by atoms with van der Waals surface area (Å²) >= 11 is 0. The number of likely N-dealkylation sites (N-methyl/N-ethyl adjacent to an activating group) is 1. The van der Waals surface area contributed by atoms with Crippen LogP contribution in [0.2, 0.25) is 0 Å². The van der Waals surface area contributed by atoms with Gasteiger partial charge in [-0.1, -0.05) is 20.3 Å². The second-order valence-corrected chi connectivity index (χ2v) is 5.56. The van der Waals surface area contributed by atoms with E-state index in [1.807, 2.05) is 4.90 Å². The maximum Gasteiger partial charge on any atom is 0.241 e. The van der Waals surface area contributed by atoms with E-state index in [0.717, 1.165) is 39.1 Å². The van der Waals surface area contributed by atoms with Crippen LogP contribution in [0.25, 0.3) is 0 Å². The van der Waals surface area contributed by atoms with Crippen molar-refractivity contribution in [2.45, 2.75) is 51.9 Å². The molecule has 0 saturated carbocycles. The Labute approximate surface area is 116 Å². The second kappa shape index (κ2) is 6.68. The van der Waals surface area contributed by atoms with Crippen molar-refractivity contribution in [1.29, 1.82) is 0 Å². The van der Waals surface area contributed by atoms with Gasteiger partial charge in [0.05, 0.1) is 24.9 Å². The average molecular weight is 269 g/mol. The van der Waals surface area contributed by atoms with E-state index < -0.39 is 0 Å². The Morgan fingerprint density at radius 1 is 1.42 bits per heavy atom. The molecule has 2 heterocycles. The van der Waals surface area contributed by atoms with Gasteiger partial charge in [0.25, 0.3) is 0 Å². The predicted octanol–water partition coefficient (Wildman–Crippen LogP) is 0.654. The van der Waals surface area contributed by atoms with Crippen molar-refractivity contribution in [3.05, 3.63) is 0 Å². The van der Waals surface area contributed by atoms with E-state index >= 15 is 0 Å². The zero-order valence-electron chi connectivity index (χ0n) is 12.4. The normalized spacial score (nSPS) is 33.1. The summed E-state index contributed by atoms with van der Waals surface area (Å²) in [5, 5.41) is 3.38. The lowest BCUT2D eigenvalue weighted by atomic mass is 10.1. The largest absolute Gasteiger partial charge is 0.374 e. The molecular formula is C14H27N3O2. The molecule has 0 radical (unpaired) electrons. The molecule has 5 nitrogen and oxygen atoms in total. The molecule has 0 spiro atoms. The van der Waals surface area contributed by atoms with Crippen LogP contribution in [-0.4, -0.2) is 66.8 Å². The van der Waals surface area contributed by atoms with Gasteiger partial charge in [-0.25, -0.2) is 0 Å². The highest BCUT2D eigenvalue weighted by molar-refractivity contribution is 5.84. The molecule has 3 unspecified atom stereocenters. The number of ether oxygens (including phenoxy) is 1. The molecule has 0 aromatic carbocycles. The number of hydrogen-bond donors (Lipinski definition) is 1. The summed E-state index contributed by atoms with van der Waals surface area (Å²) in [6, 6.07) is 0.00543. The summed E-state index contributed by atoms with van der Waals surface area (Å²) in [6.45, 7) is 10.8. The molecule has 0 aliphatic carbocycles. The third kappa shape index (κ3) is 3.46. The number of morpholine rings is 1. The van der Waals surface area contributed by atoms with Crippen molar-refractivity contribution in [3.8, 4) is 0 Å². The van der Waals surface area contributed by atoms with Crippen molar-refractivity contribution >= 4 is 5.91 Å². The van der Waals surface area contributed by atoms with E-state index in [4.69, 9.17) is 4.74 Å². The van der Waals surface area contributed by atoms with E-state index in [0.29, 0.717) is 6.54 Å². The van der Waals surface area contributed by atoms with E-state index in [2.05, 4.69) is 31.0 Å². The van der Waals surface area contributed by atoms with Crippen LogP contribution in [0, 0.1) is 0 Å². The molecule has 2 saturated heterocycles. The first-order valence-corrected chi connectivity index (χ1v) is 7.56. The maximum absolute atomic E-state index is 12.3. The minimum absolute atomic E-state index is 0.00543. The molecule has 2 rings (SSSR count). The van der Waals surface area contributed by atoms with Gasteiger partial charge in [0, 0.05) is 19.6 Å². The van der Waals surface area contributed by atoms with Crippen LogP contribution < -0.4 is 5.32 Å². The fraction of sp³-hybridized carbons (Fsp3) is 0.929. The van der Waals surface area contributed by atoms with E-state index in [-0.39, 0.29) is 24.2 Å². The maximum atomic E-state index is 12.3. The number of nitrogens with zero attached hydrogens (tertiary/aromatic N) is 2. The van der Waals surface area contributed by atoms with Gasteiger partial charge >= 0.3 is 0 Å². The first-order chi connectivity index (χ1) is 9.15. The van der Waals surface area contributed by atoms with E-state index in [1.54, 1.807) is 0 Å². The molecule has 19 heavy (non-hydrogen) atoms. The van der Waals surface area contributed by atoms with Crippen LogP contribution in [0.5, 0.6) is 0 Å². The first kappa shape index (κ1) is 14.8. The molecule has 3 atom stereocenters. The Morgan fingerprint density at radius 3 is 2.89 bits per heavy atom. The molecule has 0 aromatic heterocycles. The van der Waals surface area contributed by atoms with E-state index in [1.165, 1.54) is 0 Å². The average Bonchev–Trinajstić information content (AvgIpc) is 2.67. The molecule has 5 heteroatoms. The molecule has 2 fully saturated rings. The number of amides is 1. The van der Waals surface area contributed by atoms with Gasteiger partial charge in [0.2, 0.25) is 5.91 Å². The Hall–Kier alpha value is -0.650. The SMILES string of the molecule is CCCC1NC(C)N(CC2CN(CC)CCO2)C1=O. The Bertz CT molecular complexity index is 311. The lowest BCUT2D eigenvalue weighted by molar-refractivity contribution is -0.133. The standard InChI is InChI=1S/C14H27N3O2/c1-4-6-13-14(18)17(11(3)15-13)10-12-9-16(5-2)7-8-19-12/h11-13,15H,4-10H2,1-3H3. The monoisotopic (exact) mass is 269 g/mol. The van der Waals surface area contributed by atoms with Crippen molar-refractivity contribution in [1.82, 2.24) is 15.1 Å². The molecule has 1 amide bonds. The fourth-order valence-electron chi connectivity index (χ4n) is 2.98. The van der Waals surface area contributed by atoms with Crippen LogP contribution in [0.1, 0.15) is 33.6 Å². The van der Waals surface area contributed by atoms with Crippen LogP contribution in [0.4, 0.5) is 0 Å². The van der Waals surface area contributed by atoms with Crippen molar-refractivity contribution in [2.75, 3.05) is 32.8 Å². The summed E-state index contributed by atoms with van der Waals surface area (Å²) in [4.78, 5) is 16.7. The Kier molecular flexibility index (Phi) is 5.19. The summed E-state index contributed by atoms with van der Waals surface area (Å²) in [6.07, 6.45) is 2.24. The van der Waals surface area contributed by atoms with Crippen LogP contribution >= 0.6 is 0 Å². The van der Waals surface area contributed by atoms with Gasteiger partial charge < -0.3 is 9.64 Å². The topological polar surface area (TPSA) is 44.8 Å². The van der Waals surface area contributed by atoms with Crippen LogP contribution in [0.15, 0.2) is 0 Å². The number of carbonyl (C=O) groups is 1. The van der Waals surface area contributed by atoms with Gasteiger partial charge in [0.15, 0.2) is 0 Å². The van der Waals surface area contributed by atoms with Gasteiger partial charge in [-0.2, -0.15) is 0 Å². The minimum atomic E-state index is 0.00543. The highest BCUT2D eigenvalue weighted by Crippen LogP contribution is 2.16. The van der Waals surface area contributed by atoms with Crippen LogP contribution in [-0.2, 0) is 9.53 Å². The zero-order chi connectivity index (χ0) is 13.8. The number of rotatable bonds is 5. The second-order valence-electron chi connectivity index (χ2n) is 5.56. The zero-order valence-corrected chi connectivity index (χ0v) is 12.4. The fourth-order valence-corrected chi connectivity index (χ4v) is 2.98. The first-order valence-electron chi connectivity index (χ1n) is 7.56. The van der Waals surface area contributed by atoms with E-state index in [9.17, 15) is 4.79 Å². The summed E-state index contributed by atoms with van der Waals surface area (Å²) in [7, 11) is 0. The lowest BCUT2D eigenvalue weighted by Gasteiger charge is -2.35. The van der Waals surface area contributed by atoms with Gasteiger partial charge in [-0.15, -0.1) is 0 Å². The minimum Gasteiger partial charge on any atom is -0.374 e. The molecule has 2 aliphatic rings. The van der Waals surface area contributed by atoms with Crippen molar-refractivity contribution in [3.63, 3.8) is 0 Å². The molecule has 2 aliphatic heterocycles. The third-order valence-electron chi connectivity index (χ3n) is 4.14. The molecule has 0 aromatic rings. The molecule has 0 bridgehead atoms. The Balaban J connectivity index is 1.89. The summed E-state index contributed by atoms with van der Waals surface area (Å²) < 4.78 is 5.80. The molecular weight excluding hydrogens is 242 g/mol. The highest BCUT2D eigenvalue weighted by Gasteiger charge is 2.37. The quantitative estimate of drug-likeness (QED) is 0.796. The van der Waals surface area contributed by atoms with Gasteiger partial charge in [-0.05, 0) is 19.9 Å². The van der Waals surface area contributed by atoms with Crippen molar-refractivity contribution < 1.29 is 9.53 Å². The van der Waals surface area contributed by atoms with Gasteiger partial charge in [-0.3, -0.25) is 15.0 Å². The summed E-state index contributed by atoms with van der Waals surface area (Å²) in [5.74, 6) is 0.242.